The van der Waals surface area contributed by atoms with Crippen LogP contribution < -0.4 is 10.5 Å². The molecule has 0 aliphatic carbocycles. The second-order valence-electron chi connectivity index (χ2n) is 23.8. The SMILES string of the molecule is N#COc1ccc(F)cc1.NCc1ccc(S(=O)(=O)c2cccc(S(=O)(=O)N3CCC[C@H]3COC(=O)Cc3ccc(F)cc3)c2)s1.[C-]#[N+]c1ccc(S(=O)(=O)c2cccc(S(=O)(=O)N3CCC[C@H]3CO)c2)s1.[C-]#[N+]c1ccc(S(=O)(=O)c2cccc(S(=O)(=O)N3CCC[C@H]3COC(=O)Cc3ccc(F)cc3)c2)s1. The van der Waals surface area contributed by atoms with Crippen LogP contribution in [0.4, 0.5) is 23.2 Å². The number of ether oxygens (including phenoxy) is 3. The Kier molecular flexibility index (Phi) is 28.0. The molecular formula is C71H66F3N7O18S9. The van der Waals surface area contributed by atoms with E-state index in [1.807, 2.05) is 0 Å². The van der Waals surface area contributed by atoms with E-state index in [1.54, 1.807) is 6.07 Å². The van der Waals surface area contributed by atoms with Gasteiger partial charge in [-0.15, -0.1) is 39.3 Å². The average molecular weight is 1650 g/mol. The number of aliphatic hydroxyl groups is 1. The van der Waals surface area contributed by atoms with Gasteiger partial charge in [0.25, 0.3) is 6.26 Å². The summed E-state index contributed by atoms with van der Waals surface area (Å²) < 4.78 is 214. The largest absolute Gasteiger partial charge is 0.464 e. The number of carbonyl (C=O) groups is 2. The number of esters is 2. The number of sulfonamides is 3. The van der Waals surface area contributed by atoms with Crippen molar-refractivity contribution in [3.05, 3.63) is 238 Å². The van der Waals surface area contributed by atoms with E-state index in [4.69, 9.17) is 33.6 Å². The van der Waals surface area contributed by atoms with Crippen LogP contribution in [0.5, 0.6) is 5.75 Å². The van der Waals surface area contributed by atoms with Gasteiger partial charge in [0.05, 0.1) is 74.0 Å². The molecule has 568 valence electrons. The van der Waals surface area contributed by atoms with E-state index in [0.29, 0.717) is 66.8 Å². The van der Waals surface area contributed by atoms with Gasteiger partial charge in [0, 0.05) is 37.1 Å². The molecule has 0 amide bonds. The third-order valence-corrected chi connectivity index (χ3v) is 32.3. The van der Waals surface area contributed by atoms with E-state index in [1.165, 1.54) is 177 Å². The minimum Gasteiger partial charge on any atom is -0.464 e. The maximum absolute atomic E-state index is 13.4. The number of aliphatic hydroxyl groups excluding tert-OH is 1. The number of sulfone groups is 3. The predicted octanol–water partition coefficient (Wildman–Crippen LogP) is 11.3. The number of hydrogen-bond acceptors (Lipinski definition) is 23. The third kappa shape index (κ3) is 20.4. The first-order valence-electron chi connectivity index (χ1n) is 32.4. The van der Waals surface area contributed by atoms with Crippen LogP contribution >= 0.6 is 34.0 Å². The molecule has 3 atom stereocenters. The number of nitriles is 1. The molecular weight excluding hydrogens is 1580 g/mol. The lowest BCUT2D eigenvalue weighted by molar-refractivity contribution is -0.144. The van der Waals surface area contributed by atoms with E-state index in [9.17, 15) is 78.4 Å². The normalized spacial score (nSPS) is 16.4. The van der Waals surface area contributed by atoms with Gasteiger partial charge in [0.1, 0.15) is 49.0 Å². The number of halogens is 3. The minimum atomic E-state index is -4.07. The van der Waals surface area contributed by atoms with Crippen LogP contribution in [0.2, 0.25) is 0 Å². The summed E-state index contributed by atoms with van der Waals surface area (Å²) >= 11 is 2.70. The van der Waals surface area contributed by atoms with Crippen molar-refractivity contribution in [1.82, 2.24) is 12.9 Å². The predicted molar refractivity (Wildman–Crippen MR) is 392 cm³/mol. The van der Waals surface area contributed by atoms with Crippen molar-refractivity contribution >= 4 is 116 Å². The van der Waals surface area contributed by atoms with Crippen LogP contribution in [-0.4, -0.2) is 138 Å². The summed E-state index contributed by atoms with van der Waals surface area (Å²) in [5, 5.41) is 17.9. The van der Waals surface area contributed by atoms with E-state index in [2.05, 4.69) is 14.4 Å². The van der Waals surface area contributed by atoms with Gasteiger partial charge in [-0.2, -0.15) is 12.9 Å². The molecule has 37 heteroatoms. The van der Waals surface area contributed by atoms with Crippen LogP contribution in [0.15, 0.2) is 224 Å². The molecule has 0 saturated carbocycles. The van der Waals surface area contributed by atoms with Gasteiger partial charge in [-0.25, -0.2) is 73.4 Å². The van der Waals surface area contributed by atoms with Gasteiger partial charge in [0.2, 0.25) is 69.6 Å². The summed E-state index contributed by atoms with van der Waals surface area (Å²) in [6.07, 6.45) is 4.69. The number of nitrogens with zero attached hydrogens (tertiary/aromatic N) is 6. The van der Waals surface area contributed by atoms with Gasteiger partial charge in [-0.1, -0.05) is 42.5 Å². The number of benzene rings is 6. The molecule has 3 aliphatic rings. The fourth-order valence-electron chi connectivity index (χ4n) is 11.3. The van der Waals surface area contributed by atoms with Crippen LogP contribution in [0.1, 0.15) is 54.5 Å². The molecule has 3 fully saturated rings. The summed E-state index contributed by atoms with van der Waals surface area (Å²) in [7, 11) is -23.8. The summed E-state index contributed by atoms with van der Waals surface area (Å²) in [5.74, 6) is -1.93. The van der Waals surface area contributed by atoms with Gasteiger partial charge in [0.15, 0.2) is 0 Å². The van der Waals surface area contributed by atoms with Crippen LogP contribution in [0.25, 0.3) is 9.69 Å². The number of thiophene rings is 3. The molecule has 6 heterocycles. The molecule has 0 spiro atoms. The Hall–Kier alpha value is -9.08. The molecule has 108 heavy (non-hydrogen) atoms. The Balaban J connectivity index is 0.000000177. The van der Waals surface area contributed by atoms with Crippen molar-refractivity contribution in [3.63, 3.8) is 0 Å². The molecule has 3 aliphatic heterocycles. The van der Waals surface area contributed by atoms with Gasteiger partial charge in [-0.3, -0.25) is 9.59 Å². The lowest BCUT2D eigenvalue weighted by Crippen LogP contribution is -2.38. The smallest absolute Gasteiger partial charge is 0.310 e. The topological polar surface area (TPSA) is 355 Å². The molecule has 12 rings (SSSR count). The first kappa shape index (κ1) is 83.0. The fourth-order valence-corrected chi connectivity index (χ4v) is 24.4. The van der Waals surface area contributed by atoms with Gasteiger partial charge < -0.3 is 25.1 Å². The van der Waals surface area contributed by atoms with Crippen molar-refractivity contribution < 1.29 is 92.6 Å². The fraction of sp³-hybridized carbons (Fsp3) is 0.254. The van der Waals surface area contributed by atoms with Crippen LogP contribution in [0, 0.1) is 42.1 Å². The van der Waals surface area contributed by atoms with Crippen LogP contribution in [0.3, 0.4) is 0 Å². The first-order chi connectivity index (χ1) is 51.3. The Morgan fingerprint density at radius 2 is 0.815 bits per heavy atom. The zero-order chi connectivity index (χ0) is 78.2. The minimum absolute atomic E-state index is 0.00699. The van der Waals surface area contributed by atoms with Crippen molar-refractivity contribution in [2.75, 3.05) is 39.5 Å². The molecule has 6 aromatic carbocycles. The average Bonchev–Trinajstić information content (AvgIpc) is 1.37. The number of rotatable bonds is 23. The quantitative estimate of drug-likeness (QED) is 0.0341. The maximum Gasteiger partial charge on any atom is 0.310 e. The van der Waals surface area contributed by atoms with Crippen molar-refractivity contribution in [3.8, 4) is 12.0 Å². The zero-order valence-electron chi connectivity index (χ0n) is 56.6. The highest BCUT2D eigenvalue weighted by atomic mass is 32.3. The van der Waals surface area contributed by atoms with E-state index in [-0.39, 0.29) is 110 Å². The Bertz CT molecular complexity index is 5580. The molecule has 0 unspecified atom stereocenters. The van der Waals surface area contributed by atoms with Crippen LogP contribution in [-0.2, 0) is 98.0 Å². The lowest BCUT2D eigenvalue weighted by Gasteiger charge is -2.24. The van der Waals surface area contributed by atoms with E-state index < -0.39 is 101 Å². The number of nitrogens with two attached hydrogens (primary N) is 1. The Labute approximate surface area is 635 Å². The van der Waals surface area contributed by atoms with E-state index in [0.717, 1.165) is 52.2 Å². The second kappa shape index (κ2) is 36.4. The molecule has 3 N–H and O–H groups in total. The molecule has 9 aromatic rings. The highest BCUT2D eigenvalue weighted by Gasteiger charge is 2.40. The number of carbonyl (C=O) groups excluding carboxylic acids is 2. The molecule has 3 aromatic heterocycles. The summed E-state index contributed by atoms with van der Waals surface area (Å²) in [4.78, 5) is 30.7. The highest BCUT2D eigenvalue weighted by molar-refractivity contribution is 7.94. The summed E-state index contributed by atoms with van der Waals surface area (Å²) in [6.45, 7) is 14.4. The Morgan fingerprint density at radius 1 is 0.481 bits per heavy atom. The summed E-state index contributed by atoms with van der Waals surface area (Å²) in [6, 6.07) is 38.6. The van der Waals surface area contributed by atoms with Gasteiger partial charge >= 0.3 is 11.9 Å². The van der Waals surface area contributed by atoms with Crippen molar-refractivity contribution in [1.29, 1.82) is 5.26 Å². The number of hydrogen-bond donors (Lipinski definition) is 2. The zero-order valence-corrected chi connectivity index (χ0v) is 64.0. The monoisotopic (exact) mass is 1650 g/mol. The second-order valence-corrected chi connectivity index (χ2v) is 39.3. The maximum atomic E-state index is 13.4. The van der Waals surface area contributed by atoms with E-state index >= 15 is 0 Å². The molecule has 3 saturated heterocycles. The van der Waals surface area contributed by atoms with Crippen molar-refractivity contribution in [2.45, 2.75) is 118 Å². The Morgan fingerprint density at radius 3 is 1.15 bits per heavy atom. The summed E-state index contributed by atoms with van der Waals surface area (Å²) in [5.41, 5.74) is 6.74. The molecule has 25 nitrogen and oxygen atoms in total. The van der Waals surface area contributed by atoms with Gasteiger partial charge in [-0.05, 0) is 189 Å². The van der Waals surface area contributed by atoms with Crippen molar-refractivity contribution in [2.24, 2.45) is 5.73 Å². The molecule has 0 radical (unpaired) electrons. The highest BCUT2D eigenvalue weighted by Crippen LogP contribution is 2.38. The standard InChI is InChI=1S/C24H21FN2O6S3.C24H25FN2O6S3.C16H16N2O5S3.C7H4FNO/c1-26-22-11-12-24(34-22)35(29,30)20-5-2-6-21(15-20)36(31,32)27-13-3-4-19(27)16-33-23(28)14-17-7-9-18(25)10-8-17;25-18-8-6-17(7-9-18)13-23(28)33-16-19-3-2-12-27(19)36(31,32)22-5-1-4-21(14-22)35(29,30)24-11-10-20(15-26)34-24;1-17-15-7-8-16(24-15)25(20,21)13-5-2-6-14(10-13)26(22,23)18-9-3-4-12(18)11-19;8-6-1-3-7(4-2-6)10-5-9/h2,5-12,15,19H,3-4,13-14,16H2;1,4-11,14,19H,2-3,12-13,15-16,26H2;2,5-8,10,12,19H,3-4,9,11H2;1-4H/t2*19-;12-;/m000./s1. The molecule has 0 bridgehead atoms. The first-order valence-corrected chi connectivity index (χ1v) is 43.6. The lowest BCUT2D eigenvalue weighted by atomic mass is 10.1. The third-order valence-electron chi connectivity index (χ3n) is 16.7.